The highest BCUT2D eigenvalue weighted by Crippen LogP contribution is 2.38. The van der Waals surface area contributed by atoms with Crippen LogP contribution >= 0.6 is 0 Å². The molecule has 0 aliphatic carbocycles. The molecule has 0 bridgehead atoms. The summed E-state index contributed by atoms with van der Waals surface area (Å²) in [6, 6.07) is 1.81. The van der Waals surface area contributed by atoms with Crippen molar-refractivity contribution in [2.45, 2.75) is 43.4 Å². The topological polar surface area (TPSA) is 222 Å². The number of carbonyl (C=O) groups is 2. The van der Waals surface area contributed by atoms with E-state index in [2.05, 4.69) is 6.58 Å². The van der Waals surface area contributed by atoms with Crippen LogP contribution in [0.1, 0.15) is 16.8 Å². The summed E-state index contributed by atoms with van der Waals surface area (Å²) in [6.07, 6.45) is -6.49. The minimum Gasteiger partial charge on any atom is -0.504 e. The Morgan fingerprint density at radius 2 is 1.68 bits per heavy atom. The van der Waals surface area contributed by atoms with E-state index in [0.717, 1.165) is 25.5 Å². The second-order valence-electron chi connectivity index (χ2n) is 8.61. The molecule has 1 saturated heterocycles. The average Bonchev–Trinajstić information content (AvgIpc) is 2.91. The van der Waals surface area contributed by atoms with Gasteiger partial charge in [-0.15, -0.1) is 6.58 Å². The van der Waals surface area contributed by atoms with Crippen molar-refractivity contribution in [1.29, 1.82) is 0 Å². The Hall–Kier alpha value is -3.40. The molecule has 0 amide bonds. The molecule has 0 aromatic heterocycles. The van der Waals surface area contributed by atoms with Crippen molar-refractivity contribution >= 4 is 11.9 Å². The monoisotopic (exact) mass is 542 g/mol. The fraction of sp³-hybridized carbons (Fsp3) is 0.500. The van der Waals surface area contributed by atoms with Crippen molar-refractivity contribution < 1.29 is 69.0 Å². The van der Waals surface area contributed by atoms with Gasteiger partial charge in [-0.25, -0.2) is 9.59 Å². The van der Waals surface area contributed by atoms with Gasteiger partial charge in [0.1, 0.15) is 24.4 Å². The summed E-state index contributed by atoms with van der Waals surface area (Å²) >= 11 is 0. The van der Waals surface area contributed by atoms with Gasteiger partial charge in [0.15, 0.2) is 23.5 Å². The molecule has 7 N–H and O–H groups in total. The molecule has 8 atom stereocenters. The van der Waals surface area contributed by atoms with Gasteiger partial charge in [0.25, 0.3) is 0 Å². The normalized spacial score (nSPS) is 31.0. The number of methoxy groups -OCH3 is 1. The predicted octanol–water partition coefficient (Wildman–Crippen LogP) is -1.00. The number of aliphatic hydroxyl groups is 4. The number of aromatic hydroxyl groups is 3. The summed E-state index contributed by atoms with van der Waals surface area (Å²) in [5.74, 6) is -5.48. The fourth-order valence-electron chi connectivity index (χ4n) is 4.17. The van der Waals surface area contributed by atoms with Gasteiger partial charge in [0.05, 0.1) is 37.7 Å². The highest BCUT2D eigenvalue weighted by molar-refractivity contribution is 5.91. The second kappa shape index (κ2) is 12.4. The molecule has 210 valence electrons. The minimum absolute atomic E-state index is 0.0112. The molecular weight excluding hydrogens is 512 g/mol. The lowest BCUT2D eigenvalue weighted by Crippen LogP contribution is -2.60. The average molecular weight is 542 g/mol. The molecule has 0 saturated carbocycles. The summed E-state index contributed by atoms with van der Waals surface area (Å²) in [6.45, 7) is 2.80. The molecule has 1 aromatic rings. The number of phenols is 3. The number of rotatable bonds is 9. The van der Waals surface area contributed by atoms with Gasteiger partial charge in [-0.3, -0.25) is 0 Å². The number of benzene rings is 1. The molecule has 0 spiro atoms. The van der Waals surface area contributed by atoms with Gasteiger partial charge in [-0.2, -0.15) is 0 Å². The van der Waals surface area contributed by atoms with Crippen LogP contribution in [0.15, 0.2) is 36.6 Å². The first-order valence-electron chi connectivity index (χ1n) is 11.5. The molecule has 14 nitrogen and oxygen atoms in total. The van der Waals surface area contributed by atoms with Crippen LogP contribution in [0.5, 0.6) is 17.2 Å². The Kier molecular flexibility index (Phi) is 9.54. The van der Waals surface area contributed by atoms with Crippen LogP contribution in [-0.4, -0.2) is 105 Å². The Balaban J connectivity index is 1.75. The summed E-state index contributed by atoms with van der Waals surface area (Å²) in [5.41, 5.74) is -0.181. The second-order valence-corrected chi connectivity index (χ2v) is 8.61. The maximum Gasteiger partial charge on any atom is 0.338 e. The van der Waals surface area contributed by atoms with Crippen molar-refractivity contribution in [1.82, 2.24) is 0 Å². The predicted molar refractivity (Wildman–Crippen MR) is 123 cm³/mol. The van der Waals surface area contributed by atoms with E-state index in [1.165, 1.54) is 6.08 Å². The van der Waals surface area contributed by atoms with E-state index in [-0.39, 0.29) is 24.2 Å². The molecule has 14 heteroatoms. The molecule has 3 rings (SSSR count). The third kappa shape index (κ3) is 6.01. The maximum atomic E-state index is 12.4. The van der Waals surface area contributed by atoms with E-state index >= 15 is 0 Å². The fourth-order valence-corrected chi connectivity index (χ4v) is 4.17. The van der Waals surface area contributed by atoms with E-state index in [9.17, 15) is 45.3 Å². The summed E-state index contributed by atoms with van der Waals surface area (Å²) in [7, 11) is 1.16. The van der Waals surface area contributed by atoms with Crippen LogP contribution < -0.4 is 0 Å². The van der Waals surface area contributed by atoms with Crippen LogP contribution in [-0.2, 0) is 28.5 Å². The van der Waals surface area contributed by atoms with Crippen molar-refractivity contribution in [2.24, 2.45) is 11.8 Å². The number of hydrogen-bond acceptors (Lipinski definition) is 14. The van der Waals surface area contributed by atoms with Gasteiger partial charge in [0.2, 0.25) is 6.29 Å². The van der Waals surface area contributed by atoms with Crippen molar-refractivity contribution in [3.05, 3.63) is 42.2 Å². The highest BCUT2D eigenvalue weighted by atomic mass is 16.8. The zero-order valence-electron chi connectivity index (χ0n) is 20.2. The summed E-state index contributed by atoms with van der Waals surface area (Å²) < 4.78 is 26.6. The van der Waals surface area contributed by atoms with E-state index in [1.807, 2.05) is 0 Å². The smallest absolute Gasteiger partial charge is 0.338 e. The number of aliphatic hydroxyl groups excluding tert-OH is 4. The SMILES string of the molecule is C=C[C@@H]1[C@H](O[C@@H]2O[C@@H](CO)[C@@H](O)[C@H](O)[C@@H]2O)OC=C(C(=O)OC)[C@H]1CCOC(=O)c1cc(O)c(O)c(O)c1. The van der Waals surface area contributed by atoms with Crippen LogP contribution in [0.25, 0.3) is 0 Å². The molecule has 0 unspecified atom stereocenters. The van der Waals surface area contributed by atoms with E-state index < -0.39 is 84.6 Å². The number of carbonyl (C=O) groups excluding carboxylic acids is 2. The molecule has 2 aliphatic rings. The number of hydrogen-bond donors (Lipinski definition) is 7. The Bertz CT molecular complexity index is 1030. The van der Waals surface area contributed by atoms with Crippen LogP contribution in [0.3, 0.4) is 0 Å². The van der Waals surface area contributed by atoms with Gasteiger partial charge in [-0.1, -0.05) is 6.08 Å². The van der Waals surface area contributed by atoms with Crippen molar-refractivity contribution in [3.8, 4) is 17.2 Å². The Morgan fingerprint density at radius 3 is 2.26 bits per heavy atom. The number of ether oxygens (including phenoxy) is 5. The van der Waals surface area contributed by atoms with E-state index in [1.54, 1.807) is 0 Å². The molecule has 1 aromatic carbocycles. The molecular formula is C24H30O14. The van der Waals surface area contributed by atoms with Crippen molar-refractivity contribution in [2.75, 3.05) is 20.3 Å². The molecule has 0 radical (unpaired) electrons. The first-order valence-corrected chi connectivity index (χ1v) is 11.5. The quantitative estimate of drug-likeness (QED) is 0.113. The molecule has 1 fully saturated rings. The summed E-state index contributed by atoms with van der Waals surface area (Å²) in [5, 5.41) is 68.4. The molecule has 2 aliphatic heterocycles. The Labute approximate surface area is 216 Å². The van der Waals surface area contributed by atoms with Crippen molar-refractivity contribution in [3.63, 3.8) is 0 Å². The first kappa shape index (κ1) is 29.2. The lowest BCUT2D eigenvalue weighted by atomic mass is 9.82. The Morgan fingerprint density at radius 1 is 1.03 bits per heavy atom. The third-order valence-corrected chi connectivity index (χ3v) is 6.28. The number of phenolic OH excluding ortho intramolecular Hbond substituents is 3. The lowest BCUT2D eigenvalue weighted by molar-refractivity contribution is -0.339. The van der Waals surface area contributed by atoms with E-state index in [0.29, 0.717) is 0 Å². The lowest BCUT2D eigenvalue weighted by Gasteiger charge is -2.43. The minimum atomic E-state index is -1.70. The summed E-state index contributed by atoms with van der Waals surface area (Å²) in [4.78, 5) is 24.8. The van der Waals surface area contributed by atoms with Crippen LogP contribution in [0, 0.1) is 11.8 Å². The number of esters is 2. The molecule has 38 heavy (non-hydrogen) atoms. The van der Waals surface area contributed by atoms with Crippen LogP contribution in [0.2, 0.25) is 0 Å². The maximum absolute atomic E-state index is 12.4. The largest absolute Gasteiger partial charge is 0.504 e. The first-order chi connectivity index (χ1) is 18.0. The van der Waals surface area contributed by atoms with Gasteiger partial charge >= 0.3 is 11.9 Å². The van der Waals surface area contributed by atoms with E-state index in [4.69, 9.17) is 23.7 Å². The zero-order chi connectivity index (χ0) is 28.1. The standard InChI is InChI=1S/C24H30O14/c1-3-11-12(4-5-35-21(32)10-6-14(26)17(28)15(27)7-10)13(22(33)34-2)9-36-23(11)38-24-20(31)19(30)18(29)16(8-25)37-24/h3,6-7,9,11-12,16,18-20,23-31H,1,4-5,8H2,2H3/t11-,12-,16-,18+,19-,20-,23-,24-/m0/s1. The highest BCUT2D eigenvalue weighted by Gasteiger charge is 2.47. The van der Waals surface area contributed by atoms with Gasteiger partial charge in [-0.05, 0) is 18.6 Å². The zero-order valence-corrected chi connectivity index (χ0v) is 20.2. The van der Waals surface area contributed by atoms with Gasteiger partial charge in [0, 0.05) is 11.8 Å². The molecule has 2 heterocycles. The third-order valence-electron chi connectivity index (χ3n) is 6.28. The van der Waals surface area contributed by atoms with Gasteiger partial charge < -0.3 is 59.4 Å². The van der Waals surface area contributed by atoms with Crippen LogP contribution in [0.4, 0.5) is 0 Å².